The van der Waals surface area contributed by atoms with Crippen LogP contribution in [0.3, 0.4) is 0 Å². The van der Waals surface area contributed by atoms with E-state index < -0.39 is 0 Å². The molecule has 5 rings (SSSR count). The van der Waals surface area contributed by atoms with Gasteiger partial charge >= 0.3 is 0 Å². The zero-order valence-electron chi connectivity index (χ0n) is 26.1. The second-order valence-corrected chi connectivity index (χ2v) is 10.2. The van der Waals surface area contributed by atoms with Gasteiger partial charge in [-0.15, -0.1) is 0 Å². The number of carbonyl (C=O) groups excluding carboxylic acids is 1. The summed E-state index contributed by atoms with van der Waals surface area (Å²) >= 11 is 0. The molecule has 7 nitrogen and oxygen atoms in total. The van der Waals surface area contributed by atoms with Crippen LogP contribution in [-0.4, -0.2) is 27.1 Å². The van der Waals surface area contributed by atoms with Gasteiger partial charge in [0.05, 0.1) is 21.3 Å². The minimum Gasteiger partial charge on any atom is -0.493 e. The third-order valence-electron chi connectivity index (χ3n) is 7.15. The summed E-state index contributed by atoms with van der Waals surface area (Å²) in [6.45, 7) is 0.862. The van der Waals surface area contributed by atoms with Gasteiger partial charge in [-0.2, -0.15) is 0 Å². The van der Waals surface area contributed by atoms with Crippen LogP contribution in [-0.2, 0) is 19.8 Å². The van der Waals surface area contributed by atoms with Gasteiger partial charge in [-0.1, -0.05) is 103 Å². The lowest BCUT2D eigenvalue weighted by Crippen LogP contribution is -2.09. The fourth-order valence-electron chi connectivity index (χ4n) is 4.79. The third-order valence-corrected chi connectivity index (χ3v) is 7.15. The number of ketones is 1. The Kier molecular flexibility index (Phi) is 10.9. The lowest BCUT2D eigenvalue weighted by Gasteiger charge is -2.20. The van der Waals surface area contributed by atoms with Crippen LogP contribution < -0.4 is 28.4 Å². The molecule has 0 atom stereocenters. The maximum absolute atomic E-state index is 14.0. The van der Waals surface area contributed by atoms with E-state index in [1.165, 1.54) is 20.3 Å². The summed E-state index contributed by atoms with van der Waals surface area (Å²) in [7, 11) is 4.62. The highest BCUT2D eigenvalue weighted by atomic mass is 16.5. The van der Waals surface area contributed by atoms with Gasteiger partial charge in [0.15, 0.2) is 28.8 Å². The highest BCUT2D eigenvalue weighted by Gasteiger charge is 2.26. The average Bonchev–Trinajstić information content (AvgIpc) is 3.12. The Morgan fingerprint density at radius 1 is 0.522 bits per heavy atom. The van der Waals surface area contributed by atoms with Crippen molar-refractivity contribution in [2.75, 3.05) is 21.3 Å². The van der Waals surface area contributed by atoms with Crippen molar-refractivity contribution in [3.05, 3.63) is 149 Å². The highest BCUT2D eigenvalue weighted by molar-refractivity contribution is 6.11. The fraction of sp³-hybridized carbons (Fsp3) is 0.154. The molecule has 0 aliphatic rings. The Hall–Kier alpha value is -5.69. The smallest absolute Gasteiger partial charge is 0.204 e. The predicted molar refractivity (Wildman–Crippen MR) is 178 cm³/mol. The summed E-state index contributed by atoms with van der Waals surface area (Å²) < 4.78 is 35.5. The van der Waals surface area contributed by atoms with Gasteiger partial charge in [-0.3, -0.25) is 4.79 Å². The van der Waals surface area contributed by atoms with Crippen molar-refractivity contribution in [2.45, 2.75) is 19.8 Å². The molecule has 0 spiro atoms. The summed E-state index contributed by atoms with van der Waals surface area (Å²) in [5.41, 5.74) is 3.89. The Bertz CT molecular complexity index is 1750. The van der Waals surface area contributed by atoms with E-state index in [4.69, 9.17) is 28.4 Å². The number of hydrogen-bond donors (Lipinski definition) is 0. The molecule has 0 saturated carbocycles. The number of rotatable bonds is 15. The van der Waals surface area contributed by atoms with Crippen molar-refractivity contribution in [1.29, 1.82) is 0 Å². The van der Waals surface area contributed by atoms with Gasteiger partial charge in [-0.05, 0) is 40.5 Å². The summed E-state index contributed by atoms with van der Waals surface area (Å²) in [6.07, 6.45) is 3.19. The Morgan fingerprint density at radius 3 is 1.57 bits per heavy atom. The minimum absolute atomic E-state index is 0.215. The number of methoxy groups -OCH3 is 3. The molecule has 0 fully saturated rings. The van der Waals surface area contributed by atoms with E-state index >= 15 is 0 Å². The van der Waals surface area contributed by atoms with Crippen LogP contribution >= 0.6 is 0 Å². The topological polar surface area (TPSA) is 72.5 Å². The van der Waals surface area contributed by atoms with Crippen LogP contribution in [0.15, 0.2) is 121 Å². The summed E-state index contributed by atoms with van der Waals surface area (Å²) in [5.74, 6) is 2.02. The van der Waals surface area contributed by atoms with Gasteiger partial charge in [0, 0.05) is 6.07 Å². The van der Waals surface area contributed by atoms with Gasteiger partial charge in [0.2, 0.25) is 5.75 Å². The summed E-state index contributed by atoms with van der Waals surface area (Å²) in [4.78, 5) is 14.0. The largest absolute Gasteiger partial charge is 0.493 e. The molecule has 5 aromatic carbocycles. The number of carbonyl (C=O) groups is 1. The van der Waals surface area contributed by atoms with Crippen molar-refractivity contribution in [1.82, 2.24) is 0 Å². The van der Waals surface area contributed by atoms with E-state index in [2.05, 4.69) is 0 Å². The van der Waals surface area contributed by atoms with E-state index in [0.717, 1.165) is 22.3 Å². The standard InChI is InChI=1S/C39H36O7/c1-41-33-22-20-28(23-34(33)44-25-29-13-7-4-8-14-29)19-21-32(40)37-35(45-26-30-15-9-5-10-16-30)24-36(42-2)38(39(37)43-3)46-27-31-17-11-6-12-18-31/h4-24H,25-27H2,1-3H3/b21-19+. The molecule has 0 bridgehead atoms. The molecular formula is C39H36O7. The van der Waals surface area contributed by atoms with Gasteiger partial charge in [0.1, 0.15) is 31.1 Å². The number of ether oxygens (including phenoxy) is 6. The molecule has 0 aromatic heterocycles. The molecule has 0 N–H and O–H groups in total. The fourth-order valence-corrected chi connectivity index (χ4v) is 4.79. The maximum atomic E-state index is 14.0. The van der Waals surface area contributed by atoms with E-state index in [9.17, 15) is 4.79 Å². The molecule has 0 amide bonds. The van der Waals surface area contributed by atoms with Crippen LogP contribution in [0.1, 0.15) is 32.6 Å². The number of benzene rings is 5. The first kappa shape index (κ1) is 31.7. The lowest BCUT2D eigenvalue weighted by molar-refractivity contribution is 0.103. The van der Waals surface area contributed by atoms with Crippen LogP contribution in [0.2, 0.25) is 0 Å². The van der Waals surface area contributed by atoms with Crippen LogP contribution in [0, 0.1) is 0 Å². The monoisotopic (exact) mass is 616 g/mol. The second kappa shape index (κ2) is 15.9. The average molecular weight is 617 g/mol. The Labute approximate surface area is 269 Å². The molecular weight excluding hydrogens is 580 g/mol. The van der Waals surface area contributed by atoms with Crippen molar-refractivity contribution < 1.29 is 33.2 Å². The Morgan fingerprint density at radius 2 is 1.04 bits per heavy atom. The summed E-state index contributed by atoms with van der Waals surface area (Å²) in [5, 5.41) is 0. The molecule has 0 unspecified atom stereocenters. The highest BCUT2D eigenvalue weighted by Crippen LogP contribution is 2.46. The first-order valence-electron chi connectivity index (χ1n) is 14.8. The molecule has 0 radical (unpaired) electrons. The molecule has 46 heavy (non-hydrogen) atoms. The number of hydrogen-bond acceptors (Lipinski definition) is 7. The van der Waals surface area contributed by atoms with E-state index in [1.54, 1.807) is 19.3 Å². The van der Waals surface area contributed by atoms with Crippen LogP contribution in [0.5, 0.6) is 34.5 Å². The molecule has 0 saturated heterocycles. The molecule has 0 heterocycles. The minimum atomic E-state index is -0.338. The van der Waals surface area contributed by atoms with Gasteiger partial charge in [0.25, 0.3) is 0 Å². The van der Waals surface area contributed by atoms with Crippen molar-refractivity contribution >= 4 is 11.9 Å². The molecule has 0 aliphatic carbocycles. The first-order valence-corrected chi connectivity index (χ1v) is 14.8. The van der Waals surface area contributed by atoms with E-state index in [0.29, 0.717) is 35.4 Å². The number of allylic oxidation sites excluding steroid dienone is 1. The van der Waals surface area contributed by atoms with Crippen molar-refractivity contribution in [3.63, 3.8) is 0 Å². The lowest BCUT2D eigenvalue weighted by atomic mass is 10.0. The molecule has 0 aliphatic heterocycles. The SMILES string of the molecule is COc1ccc(/C=C/C(=O)c2c(OCc3ccccc3)cc(OC)c(OCc3ccccc3)c2OC)cc1OCc1ccccc1. The summed E-state index contributed by atoms with van der Waals surface area (Å²) in [6, 6.07) is 36.4. The molecule has 7 heteroatoms. The van der Waals surface area contributed by atoms with Crippen LogP contribution in [0.25, 0.3) is 6.08 Å². The zero-order valence-corrected chi connectivity index (χ0v) is 26.1. The normalized spacial score (nSPS) is 10.8. The molecule has 5 aromatic rings. The third kappa shape index (κ3) is 8.07. The van der Waals surface area contributed by atoms with Gasteiger partial charge < -0.3 is 28.4 Å². The quantitative estimate of drug-likeness (QED) is 0.0865. The van der Waals surface area contributed by atoms with E-state index in [-0.39, 0.29) is 30.3 Å². The van der Waals surface area contributed by atoms with E-state index in [1.807, 2.05) is 109 Å². The van der Waals surface area contributed by atoms with Gasteiger partial charge in [-0.25, -0.2) is 0 Å². The first-order chi connectivity index (χ1) is 22.6. The molecule has 234 valence electrons. The van der Waals surface area contributed by atoms with Crippen molar-refractivity contribution in [2.24, 2.45) is 0 Å². The van der Waals surface area contributed by atoms with Crippen LogP contribution in [0.4, 0.5) is 0 Å². The predicted octanol–water partition coefficient (Wildman–Crippen LogP) is 8.35. The van der Waals surface area contributed by atoms with Crippen molar-refractivity contribution in [3.8, 4) is 34.5 Å². The second-order valence-electron chi connectivity index (χ2n) is 10.2. The Balaban J connectivity index is 1.47. The zero-order chi connectivity index (χ0) is 32.1. The maximum Gasteiger partial charge on any atom is 0.204 e.